The molecule has 1 aromatic heterocycles. The van der Waals surface area contributed by atoms with E-state index < -0.39 is 18.1 Å². The summed E-state index contributed by atoms with van der Waals surface area (Å²) in [6.45, 7) is 2.52. The van der Waals surface area contributed by atoms with Crippen molar-refractivity contribution in [1.29, 1.82) is 0 Å². The number of amides is 2. The van der Waals surface area contributed by atoms with E-state index in [1.807, 2.05) is 25.1 Å². The van der Waals surface area contributed by atoms with Gasteiger partial charge in [-0.2, -0.15) is 0 Å². The summed E-state index contributed by atoms with van der Waals surface area (Å²) in [5.41, 5.74) is 6.48. The van der Waals surface area contributed by atoms with E-state index in [-0.39, 0.29) is 5.82 Å². The predicted molar refractivity (Wildman–Crippen MR) is 77.4 cm³/mol. The number of rotatable bonds is 6. The van der Waals surface area contributed by atoms with Gasteiger partial charge >= 0.3 is 6.09 Å². The molecule has 4 N–H and O–H groups in total. The van der Waals surface area contributed by atoms with E-state index in [9.17, 15) is 9.59 Å². The van der Waals surface area contributed by atoms with Gasteiger partial charge in [0.15, 0.2) is 5.82 Å². The van der Waals surface area contributed by atoms with E-state index >= 15 is 0 Å². The summed E-state index contributed by atoms with van der Waals surface area (Å²) in [5, 5.41) is 2.70. The number of benzene rings is 1. The molecule has 0 saturated heterocycles. The third-order valence-corrected chi connectivity index (χ3v) is 2.96. The first-order valence-corrected chi connectivity index (χ1v) is 6.80. The maximum absolute atomic E-state index is 12.1. The summed E-state index contributed by atoms with van der Waals surface area (Å²) in [6.07, 6.45) is -0.403. The summed E-state index contributed by atoms with van der Waals surface area (Å²) in [6, 6.07) is 7.29. The Labute approximate surface area is 121 Å². The summed E-state index contributed by atoms with van der Waals surface area (Å²) < 4.78 is 4.89. The van der Waals surface area contributed by atoms with Gasteiger partial charge in [0.05, 0.1) is 11.0 Å². The average Bonchev–Trinajstić information content (AvgIpc) is 2.88. The van der Waals surface area contributed by atoms with Crippen molar-refractivity contribution in [2.24, 2.45) is 5.73 Å². The Kier molecular flexibility index (Phi) is 4.76. The van der Waals surface area contributed by atoms with Crippen molar-refractivity contribution >= 4 is 23.0 Å². The monoisotopic (exact) mass is 290 g/mol. The SMILES string of the molecule is CCCCNC(=O)C(OC(N)=O)c1nc2ccccc2[nH]1. The van der Waals surface area contributed by atoms with E-state index in [1.165, 1.54) is 0 Å². The molecule has 0 aliphatic carbocycles. The van der Waals surface area contributed by atoms with E-state index in [0.29, 0.717) is 12.1 Å². The molecular weight excluding hydrogens is 272 g/mol. The lowest BCUT2D eigenvalue weighted by Crippen LogP contribution is -2.34. The number of aromatic amines is 1. The minimum absolute atomic E-state index is 0.254. The molecule has 0 bridgehead atoms. The molecule has 0 fully saturated rings. The second-order valence-electron chi connectivity index (χ2n) is 4.60. The zero-order chi connectivity index (χ0) is 15.2. The highest BCUT2D eigenvalue weighted by Crippen LogP contribution is 2.19. The lowest BCUT2D eigenvalue weighted by Gasteiger charge is -2.14. The number of imidazole rings is 1. The number of hydrogen-bond acceptors (Lipinski definition) is 4. The van der Waals surface area contributed by atoms with Crippen LogP contribution in [0.2, 0.25) is 0 Å². The van der Waals surface area contributed by atoms with Crippen molar-refractivity contribution in [3.8, 4) is 0 Å². The number of nitrogens with zero attached hydrogens (tertiary/aromatic N) is 1. The number of nitrogens with two attached hydrogens (primary N) is 1. The van der Waals surface area contributed by atoms with Crippen molar-refractivity contribution in [2.75, 3.05) is 6.54 Å². The molecule has 1 aromatic carbocycles. The molecule has 2 amide bonds. The van der Waals surface area contributed by atoms with Crippen LogP contribution in [-0.2, 0) is 9.53 Å². The molecule has 0 aliphatic rings. The van der Waals surface area contributed by atoms with Gasteiger partial charge < -0.3 is 20.8 Å². The van der Waals surface area contributed by atoms with E-state index in [2.05, 4.69) is 15.3 Å². The Morgan fingerprint density at radius 3 is 2.86 bits per heavy atom. The van der Waals surface area contributed by atoms with Crippen LogP contribution in [0, 0.1) is 0 Å². The van der Waals surface area contributed by atoms with E-state index in [0.717, 1.165) is 18.4 Å². The predicted octanol–water partition coefficient (Wildman–Crippen LogP) is 1.62. The summed E-state index contributed by atoms with van der Waals surface area (Å²) >= 11 is 0. The molecule has 7 nitrogen and oxygen atoms in total. The van der Waals surface area contributed by atoms with E-state index in [1.54, 1.807) is 6.07 Å². The van der Waals surface area contributed by atoms with Crippen molar-refractivity contribution < 1.29 is 14.3 Å². The van der Waals surface area contributed by atoms with Crippen LogP contribution >= 0.6 is 0 Å². The molecule has 1 heterocycles. The van der Waals surface area contributed by atoms with Gasteiger partial charge in [-0.15, -0.1) is 0 Å². The van der Waals surface area contributed by atoms with Crippen molar-refractivity contribution in [2.45, 2.75) is 25.9 Å². The molecule has 0 radical (unpaired) electrons. The third kappa shape index (κ3) is 3.71. The van der Waals surface area contributed by atoms with Crippen molar-refractivity contribution in [3.05, 3.63) is 30.1 Å². The first-order valence-electron chi connectivity index (χ1n) is 6.80. The fourth-order valence-electron chi connectivity index (χ4n) is 1.93. The van der Waals surface area contributed by atoms with Crippen LogP contribution in [0.15, 0.2) is 24.3 Å². The summed E-state index contributed by atoms with van der Waals surface area (Å²) in [4.78, 5) is 30.4. The number of carbonyl (C=O) groups is 2. The molecule has 7 heteroatoms. The lowest BCUT2D eigenvalue weighted by atomic mass is 10.3. The van der Waals surface area contributed by atoms with Crippen molar-refractivity contribution in [1.82, 2.24) is 15.3 Å². The van der Waals surface area contributed by atoms with Crippen LogP contribution in [0.4, 0.5) is 4.79 Å². The highest BCUT2D eigenvalue weighted by molar-refractivity contribution is 5.85. The number of primary amides is 1. The highest BCUT2D eigenvalue weighted by atomic mass is 16.6. The Hall–Kier alpha value is -2.57. The minimum Gasteiger partial charge on any atom is -0.428 e. The number of H-pyrrole nitrogens is 1. The van der Waals surface area contributed by atoms with E-state index in [4.69, 9.17) is 10.5 Å². The lowest BCUT2D eigenvalue weighted by molar-refractivity contribution is -0.130. The number of carbonyl (C=O) groups excluding carboxylic acids is 2. The van der Waals surface area contributed by atoms with Gasteiger partial charge in [0.2, 0.25) is 6.10 Å². The molecule has 1 unspecified atom stereocenters. The van der Waals surface area contributed by atoms with Crippen molar-refractivity contribution in [3.63, 3.8) is 0 Å². The number of fused-ring (bicyclic) bond motifs is 1. The fraction of sp³-hybridized carbons (Fsp3) is 0.357. The topological polar surface area (TPSA) is 110 Å². The highest BCUT2D eigenvalue weighted by Gasteiger charge is 2.27. The molecule has 21 heavy (non-hydrogen) atoms. The molecule has 2 aromatic rings. The normalized spacial score (nSPS) is 12.0. The molecular formula is C14H18N4O3. The Morgan fingerprint density at radius 1 is 1.43 bits per heavy atom. The van der Waals surface area contributed by atoms with Gasteiger partial charge in [-0.05, 0) is 18.6 Å². The van der Waals surface area contributed by atoms with Crippen LogP contribution in [0.1, 0.15) is 31.7 Å². The molecule has 0 aliphatic heterocycles. The standard InChI is InChI=1S/C14H18N4O3/c1-2-3-8-16-13(19)11(21-14(15)20)12-17-9-6-4-5-7-10(9)18-12/h4-7,11H,2-3,8H2,1H3,(H2,15,20)(H,16,19)(H,17,18). The van der Waals surface area contributed by atoms with Crippen LogP contribution in [0.3, 0.4) is 0 Å². The number of para-hydroxylation sites is 2. The van der Waals surface area contributed by atoms with Crippen LogP contribution in [-0.4, -0.2) is 28.5 Å². The molecule has 0 saturated carbocycles. The van der Waals surface area contributed by atoms with Gasteiger partial charge in [0.25, 0.3) is 5.91 Å². The summed E-state index contributed by atoms with van der Waals surface area (Å²) in [5.74, 6) is -0.190. The van der Waals surface area contributed by atoms with Gasteiger partial charge in [-0.1, -0.05) is 25.5 Å². The fourth-order valence-corrected chi connectivity index (χ4v) is 1.93. The largest absolute Gasteiger partial charge is 0.428 e. The van der Waals surface area contributed by atoms with Gasteiger partial charge in [0.1, 0.15) is 0 Å². The number of nitrogens with one attached hydrogen (secondary N) is 2. The Balaban J connectivity index is 2.22. The zero-order valence-electron chi connectivity index (χ0n) is 11.8. The minimum atomic E-state index is -1.17. The third-order valence-electron chi connectivity index (χ3n) is 2.96. The number of aromatic nitrogens is 2. The number of hydrogen-bond donors (Lipinski definition) is 3. The van der Waals surface area contributed by atoms with Crippen LogP contribution < -0.4 is 11.1 Å². The zero-order valence-corrected chi connectivity index (χ0v) is 11.8. The average molecular weight is 290 g/mol. The maximum atomic E-state index is 12.1. The molecule has 112 valence electrons. The molecule has 2 rings (SSSR count). The summed E-state index contributed by atoms with van der Waals surface area (Å²) in [7, 11) is 0. The number of ether oxygens (including phenoxy) is 1. The molecule has 1 atom stereocenters. The number of unbranched alkanes of at least 4 members (excludes halogenated alkanes) is 1. The second-order valence-corrected chi connectivity index (χ2v) is 4.60. The smallest absolute Gasteiger partial charge is 0.405 e. The second kappa shape index (κ2) is 6.74. The van der Waals surface area contributed by atoms with Gasteiger partial charge in [0, 0.05) is 6.54 Å². The quantitative estimate of drug-likeness (QED) is 0.702. The first kappa shape index (κ1) is 14.8. The van der Waals surface area contributed by atoms with Crippen LogP contribution in [0.25, 0.3) is 11.0 Å². The van der Waals surface area contributed by atoms with Gasteiger partial charge in [-0.3, -0.25) is 4.79 Å². The Bertz CT molecular complexity index is 605. The van der Waals surface area contributed by atoms with Gasteiger partial charge in [-0.25, -0.2) is 9.78 Å². The first-order chi connectivity index (χ1) is 10.1. The maximum Gasteiger partial charge on any atom is 0.405 e. The molecule has 0 spiro atoms. The Morgan fingerprint density at radius 2 is 2.19 bits per heavy atom. The van der Waals surface area contributed by atoms with Crippen LogP contribution in [0.5, 0.6) is 0 Å².